The number of carbonyl (C=O) groups excluding carboxylic acids is 1. The average Bonchev–Trinajstić information content (AvgIpc) is 2.27. The number of halogens is 4. The molecule has 0 aliphatic carbocycles. The first-order valence-corrected chi connectivity index (χ1v) is 5.80. The number of benzene rings is 1. The van der Waals surface area contributed by atoms with Crippen LogP contribution in [0.2, 0.25) is 5.02 Å². The van der Waals surface area contributed by atoms with Gasteiger partial charge >= 0.3 is 6.18 Å². The lowest BCUT2D eigenvalue weighted by Crippen LogP contribution is -2.34. The Morgan fingerprint density at radius 3 is 2.42 bits per heavy atom. The second kappa shape index (κ2) is 6.77. The van der Waals surface area contributed by atoms with Crippen LogP contribution in [0.3, 0.4) is 0 Å². The molecule has 19 heavy (non-hydrogen) atoms. The summed E-state index contributed by atoms with van der Waals surface area (Å²) in [6.45, 7) is 0.0746. The number of amides is 1. The highest BCUT2D eigenvalue weighted by Crippen LogP contribution is 2.21. The number of hydrogen-bond acceptors (Lipinski definition) is 2. The maximum absolute atomic E-state index is 12.1. The highest BCUT2D eigenvalue weighted by Gasteiger charge is 2.32. The molecule has 1 amide bonds. The van der Waals surface area contributed by atoms with E-state index in [0.29, 0.717) is 10.6 Å². The summed E-state index contributed by atoms with van der Waals surface area (Å²) in [5, 5.41) is 2.78. The molecule has 0 saturated heterocycles. The van der Waals surface area contributed by atoms with Crippen molar-refractivity contribution in [3.05, 3.63) is 34.9 Å². The Hall–Kier alpha value is -1.27. The van der Waals surface area contributed by atoms with Crippen molar-refractivity contribution in [1.82, 2.24) is 5.32 Å². The molecule has 0 aliphatic heterocycles. The topological polar surface area (TPSA) is 38.3 Å². The van der Waals surface area contributed by atoms with Gasteiger partial charge in [-0.25, -0.2) is 0 Å². The molecule has 0 aliphatic rings. The first-order valence-electron chi connectivity index (χ1n) is 5.42. The summed E-state index contributed by atoms with van der Waals surface area (Å²) < 4.78 is 41.2. The second-order valence-corrected chi connectivity index (χ2v) is 4.36. The minimum absolute atomic E-state index is 0.0746. The molecular weight excluding hydrogens is 283 g/mol. The molecule has 1 aromatic rings. The third kappa shape index (κ3) is 5.94. The molecule has 1 rings (SSSR count). The fourth-order valence-corrected chi connectivity index (χ4v) is 1.64. The predicted molar refractivity (Wildman–Crippen MR) is 64.9 cm³/mol. The van der Waals surface area contributed by atoms with Crippen molar-refractivity contribution in [2.45, 2.75) is 18.6 Å². The third-order valence-corrected chi connectivity index (χ3v) is 2.55. The molecule has 106 valence electrons. The van der Waals surface area contributed by atoms with E-state index in [1.807, 2.05) is 0 Å². The van der Waals surface area contributed by atoms with Crippen LogP contribution >= 0.6 is 11.6 Å². The highest BCUT2D eigenvalue weighted by atomic mass is 35.5. The molecule has 0 aromatic heterocycles. The molecule has 0 radical (unpaired) electrons. The quantitative estimate of drug-likeness (QED) is 0.906. The van der Waals surface area contributed by atoms with Crippen molar-refractivity contribution in [3.8, 4) is 0 Å². The van der Waals surface area contributed by atoms with E-state index in [2.05, 4.69) is 5.32 Å². The van der Waals surface area contributed by atoms with Crippen molar-refractivity contribution in [2.75, 3.05) is 13.7 Å². The monoisotopic (exact) mass is 295 g/mol. The number of nitrogens with one attached hydrogen (secondary N) is 1. The molecule has 0 unspecified atom stereocenters. The zero-order valence-corrected chi connectivity index (χ0v) is 10.9. The minimum atomic E-state index is -4.53. The van der Waals surface area contributed by atoms with Crippen LogP contribution in [0.5, 0.6) is 0 Å². The maximum atomic E-state index is 12.1. The molecule has 1 aromatic carbocycles. The van der Waals surface area contributed by atoms with Gasteiger partial charge in [0.2, 0.25) is 5.91 Å². The SMILES string of the molecule is COC[C@@H](NC(=O)CC(F)(F)F)c1ccc(Cl)cc1. The first-order chi connectivity index (χ1) is 8.81. The summed E-state index contributed by atoms with van der Waals surface area (Å²) in [6, 6.07) is 5.79. The van der Waals surface area contributed by atoms with Crippen molar-refractivity contribution in [1.29, 1.82) is 0 Å². The van der Waals surface area contributed by atoms with Crippen LogP contribution in [0.15, 0.2) is 24.3 Å². The van der Waals surface area contributed by atoms with Gasteiger partial charge in [0.05, 0.1) is 12.6 Å². The van der Waals surface area contributed by atoms with Crippen LogP contribution in [0, 0.1) is 0 Å². The molecule has 1 N–H and O–H groups in total. The molecule has 0 saturated carbocycles. The minimum Gasteiger partial charge on any atom is -0.382 e. The van der Waals surface area contributed by atoms with Crippen LogP contribution in [-0.4, -0.2) is 25.8 Å². The summed E-state index contributed by atoms with van der Waals surface area (Å²) in [5.41, 5.74) is 0.627. The van der Waals surface area contributed by atoms with Crippen molar-refractivity contribution >= 4 is 17.5 Å². The van der Waals surface area contributed by atoms with Crippen LogP contribution in [-0.2, 0) is 9.53 Å². The molecule has 0 spiro atoms. The number of ether oxygens (including phenoxy) is 1. The van der Waals surface area contributed by atoms with E-state index in [1.165, 1.54) is 7.11 Å². The normalized spacial score (nSPS) is 13.1. The fourth-order valence-electron chi connectivity index (χ4n) is 1.51. The lowest BCUT2D eigenvalue weighted by Gasteiger charge is -2.19. The van der Waals surface area contributed by atoms with Crippen LogP contribution < -0.4 is 5.32 Å². The number of hydrogen-bond donors (Lipinski definition) is 1. The second-order valence-electron chi connectivity index (χ2n) is 3.92. The zero-order valence-electron chi connectivity index (χ0n) is 10.1. The number of rotatable bonds is 5. The Morgan fingerprint density at radius 1 is 1.37 bits per heavy atom. The highest BCUT2D eigenvalue weighted by molar-refractivity contribution is 6.30. The van der Waals surface area contributed by atoms with E-state index in [1.54, 1.807) is 24.3 Å². The van der Waals surface area contributed by atoms with Crippen molar-refractivity contribution < 1.29 is 22.7 Å². The number of methoxy groups -OCH3 is 1. The van der Waals surface area contributed by atoms with Crippen LogP contribution in [0.4, 0.5) is 13.2 Å². The van der Waals surface area contributed by atoms with E-state index in [9.17, 15) is 18.0 Å². The molecular formula is C12H13ClF3NO2. The van der Waals surface area contributed by atoms with Crippen molar-refractivity contribution in [2.24, 2.45) is 0 Å². The lowest BCUT2D eigenvalue weighted by molar-refractivity contribution is -0.154. The standard InChI is InChI=1S/C12H13ClF3NO2/c1-19-7-10(8-2-4-9(13)5-3-8)17-11(18)6-12(14,15)16/h2-5,10H,6-7H2,1H3,(H,17,18)/t10-/m1/s1. The summed E-state index contributed by atoms with van der Waals surface area (Å²) in [4.78, 5) is 11.3. The maximum Gasteiger partial charge on any atom is 0.397 e. The smallest absolute Gasteiger partial charge is 0.382 e. The van der Waals surface area contributed by atoms with Gasteiger partial charge in [0.1, 0.15) is 6.42 Å². The Morgan fingerprint density at radius 2 is 1.95 bits per heavy atom. The molecule has 3 nitrogen and oxygen atoms in total. The Kier molecular flexibility index (Phi) is 5.62. The van der Waals surface area contributed by atoms with Gasteiger partial charge in [-0.1, -0.05) is 23.7 Å². The van der Waals surface area contributed by atoms with Gasteiger partial charge in [0.15, 0.2) is 0 Å². The first kappa shape index (κ1) is 15.8. The fraction of sp³-hybridized carbons (Fsp3) is 0.417. The Bertz CT molecular complexity index is 420. The van der Waals surface area contributed by atoms with E-state index >= 15 is 0 Å². The van der Waals surface area contributed by atoms with Gasteiger partial charge in [-0.05, 0) is 17.7 Å². The Balaban J connectivity index is 2.73. The molecule has 0 heterocycles. The van der Waals surface area contributed by atoms with Crippen LogP contribution in [0.1, 0.15) is 18.0 Å². The average molecular weight is 296 g/mol. The zero-order chi connectivity index (χ0) is 14.5. The van der Waals surface area contributed by atoms with E-state index in [0.717, 1.165) is 0 Å². The van der Waals surface area contributed by atoms with E-state index in [-0.39, 0.29) is 6.61 Å². The van der Waals surface area contributed by atoms with Gasteiger partial charge in [0.25, 0.3) is 0 Å². The van der Waals surface area contributed by atoms with E-state index in [4.69, 9.17) is 16.3 Å². The summed E-state index contributed by atoms with van der Waals surface area (Å²) in [5.74, 6) is -1.09. The number of alkyl halides is 3. The van der Waals surface area contributed by atoms with Gasteiger partial charge in [-0.15, -0.1) is 0 Å². The lowest BCUT2D eigenvalue weighted by atomic mass is 10.1. The van der Waals surface area contributed by atoms with E-state index < -0.39 is 24.5 Å². The van der Waals surface area contributed by atoms with Crippen molar-refractivity contribution in [3.63, 3.8) is 0 Å². The van der Waals surface area contributed by atoms with Gasteiger partial charge in [0, 0.05) is 12.1 Å². The molecule has 0 bridgehead atoms. The third-order valence-electron chi connectivity index (χ3n) is 2.30. The number of carbonyl (C=O) groups is 1. The summed E-state index contributed by atoms with van der Waals surface area (Å²) >= 11 is 5.72. The molecule has 7 heteroatoms. The Labute approximate surface area is 113 Å². The summed E-state index contributed by atoms with van der Waals surface area (Å²) in [7, 11) is 1.40. The largest absolute Gasteiger partial charge is 0.397 e. The van der Waals surface area contributed by atoms with Gasteiger partial charge in [-0.3, -0.25) is 4.79 Å². The predicted octanol–water partition coefficient (Wildman–Crippen LogP) is 3.10. The van der Waals surface area contributed by atoms with Crippen LogP contribution in [0.25, 0.3) is 0 Å². The summed E-state index contributed by atoms with van der Waals surface area (Å²) in [6.07, 6.45) is -6.04. The van der Waals surface area contributed by atoms with Gasteiger partial charge in [-0.2, -0.15) is 13.2 Å². The molecule has 0 fully saturated rings. The van der Waals surface area contributed by atoms with Gasteiger partial charge < -0.3 is 10.1 Å². The molecule has 1 atom stereocenters.